The van der Waals surface area contributed by atoms with E-state index in [2.05, 4.69) is 132 Å². The number of hydrogen-bond acceptors (Lipinski definition) is 0. The van der Waals surface area contributed by atoms with Gasteiger partial charge in [0, 0.05) is 0 Å². The zero-order valence-electron chi connectivity index (χ0n) is 20.3. The largest absolute Gasteiger partial charge is 0.0687 e. The van der Waals surface area contributed by atoms with Gasteiger partial charge in [0.05, 0.1) is 0 Å². The van der Waals surface area contributed by atoms with Crippen LogP contribution in [0.3, 0.4) is 0 Å². The summed E-state index contributed by atoms with van der Waals surface area (Å²) in [7, 11) is 0. The summed E-state index contributed by atoms with van der Waals surface area (Å²) in [5, 5.41) is 0. The number of allylic oxidation sites excluding steroid dienone is 4. The summed E-state index contributed by atoms with van der Waals surface area (Å²) in [6.07, 6.45) is 11.7. The zero-order chi connectivity index (χ0) is 25.3. The minimum Gasteiger partial charge on any atom is -0.0687 e. The van der Waals surface area contributed by atoms with Crippen LogP contribution in [0.4, 0.5) is 0 Å². The molecule has 0 saturated carbocycles. The van der Waals surface area contributed by atoms with Crippen molar-refractivity contribution in [3.05, 3.63) is 142 Å². The maximum absolute atomic E-state index is 3.50. The van der Waals surface area contributed by atoms with Crippen LogP contribution in [-0.4, -0.2) is 0 Å². The van der Waals surface area contributed by atoms with Crippen molar-refractivity contribution in [2.45, 2.75) is 39.5 Å². The molecule has 166 valence electrons. The zero-order valence-corrected chi connectivity index (χ0v) is 20.3. The van der Waals surface area contributed by atoms with Crippen LogP contribution in [0.25, 0.3) is 0 Å². The lowest BCUT2D eigenvalue weighted by atomic mass is 9.82. The first kappa shape index (κ1) is 29.4. The SMILES string of the molecule is C=C=C=C=C=CC(C)CC(C=C=C=C=C=C)CC(C=C=C=C=C=C)CC(C=C=C=C=C=C)CC. The number of hydrogen-bond donors (Lipinski definition) is 0. The van der Waals surface area contributed by atoms with Crippen LogP contribution in [0.2, 0.25) is 0 Å². The predicted octanol–water partition coefficient (Wildman–Crippen LogP) is 8.28. The topological polar surface area (TPSA) is 0 Å². The van der Waals surface area contributed by atoms with Gasteiger partial charge in [-0.25, -0.2) is 0 Å². The Bertz CT molecular complexity index is 1320. The molecule has 0 aromatic rings. The van der Waals surface area contributed by atoms with Crippen molar-refractivity contribution in [3.8, 4) is 0 Å². The molecule has 0 aromatic carbocycles. The monoisotopic (exact) mass is 438 g/mol. The third-order valence-electron chi connectivity index (χ3n) is 4.63. The average molecular weight is 439 g/mol. The van der Waals surface area contributed by atoms with Crippen LogP contribution in [0.5, 0.6) is 0 Å². The second kappa shape index (κ2) is 21.7. The summed E-state index contributed by atoms with van der Waals surface area (Å²) in [4.78, 5) is 0. The van der Waals surface area contributed by atoms with Gasteiger partial charge in [-0.05, 0) is 146 Å². The maximum atomic E-state index is 3.50. The molecule has 0 amide bonds. The minimum absolute atomic E-state index is 0.230. The maximum Gasteiger partial charge on any atom is -0.0105 e. The highest BCUT2D eigenvalue weighted by molar-refractivity contribution is 5.00. The Labute approximate surface area is 205 Å². The molecule has 34 heavy (non-hydrogen) atoms. The fourth-order valence-electron chi connectivity index (χ4n) is 3.12. The van der Waals surface area contributed by atoms with Crippen molar-refractivity contribution in [2.24, 2.45) is 23.7 Å². The molecule has 0 rings (SSSR count). The lowest BCUT2D eigenvalue weighted by molar-refractivity contribution is 0.376. The molecule has 0 saturated heterocycles. The second-order valence-corrected chi connectivity index (χ2v) is 7.32. The van der Waals surface area contributed by atoms with E-state index in [4.69, 9.17) is 0 Å². The Hall–Kier alpha value is -4.56. The summed E-state index contributed by atoms with van der Waals surface area (Å²) >= 11 is 0. The third kappa shape index (κ3) is 17.2. The second-order valence-electron chi connectivity index (χ2n) is 7.32. The van der Waals surface area contributed by atoms with Gasteiger partial charge >= 0.3 is 0 Å². The van der Waals surface area contributed by atoms with Crippen LogP contribution in [0.1, 0.15) is 39.5 Å². The van der Waals surface area contributed by atoms with Gasteiger partial charge in [-0.3, -0.25) is 0 Å². The molecule has 0 aliphatic heterocycles. The van der Waals surface area contributed by atoms with Crippen molar-refractivity contribution < 1.29 is 0 Å². The molecule has 0 radical (unpaired) electrons. The molecule has 0 aliphatic rings. The molecule has 0 spiro atoms. The fourth-order valence-corrected chi connectivity index (χ4v) is 3.12. The Balaban J connectivity index is 6.22. The molecule has 0 heterocycles. The average Bonchev–Trinajstić information content (AvgIpc) is 2.83. The Morgan fingerprint density at radius 3 is 1.26 bits per heavy atom. The van der Waals surface area contributed by atoms with E-state index in [0.717, 1.165) is 25.7 Å². The van der Waals surface area contributed by atoms with Crippen LogP contribution in [0.15, 0.2) is 142 Å². The fraction of sp³-hybridized carbons (Fsp3) is 0.294. The van der Waals surface area contributed by atoms with Crippen LogP contribution < -0.4 is 0 Å². The molecule has 4 unspecified atom stereocenters. The Morgan fingerprint density at radius 1 is 0.500 bits per heavy atom. The molecule has 0 bridgehead atoms. The summed E-state index contributed by atoms with van der Waals surface area (Å²) < 4.78 is 0. The molecule has 0 fully saturated rings. The quantitative estimate of drug-likeness (QED) is 0.285. The van der Waals surface area contributed by atoms with Crippen LogP contribution in [0, 0.1) is 23.7 Å². The van der Waals surface area contributed by atoms with E-state index < -0.39 is 0 Å². The van der Waals surface area contributed by atoms with Crippen LogP contribution in [-0.2, 0) is 0 Å². The van der Waals surface area contributed by atoms with Crippen molar-refractivity contribution >= 4 is 0 Å². The molecular weight excluding hydrogens is 408 g/mol. The van der Waals surface area contributed by atoms with Gasteiger partial charge in [-0.1, -0.05) is 59.7 Å². The lowest BCUT2D eigenvalue weighted by Crippen LogP contribution is -2.11. The smallest absolute Gasteiger partial charge is 0.0105 e. The highest BCUT2D eigenvalue weighted by Gasteiger charge is 2.17. The highest BCUT2D eigenvalue weighted by atomic mass is 14.2. The van der Waals surface area contributed by atoms with Gasteiger partial charge in [0.15, 0.2) is 0 Å². The van der Waals surface area contributed by atoms with E-state index in [-0.39, 0.29) is 17.8 Å². The van der Waals surface area contributed by atoms with E-state index >= 15 is 0 Å². The van der Waals surface area contributed by atoms with Gasteiger partial charge in [-0.15, -0.1) is 0 Å². The van der Waals surface area contributed by atoms with Crippen molar-refractivity contribution in [1.82, 2.24) is 0 Å². The first-order valence-electron chi connectivity index (χ1n) is 11.0. The molecule has 0 aliphatic carbocycles. The first-order valence-corrected chi connectivity index (χ1v) is 11.0. The predicted molar refractivity (Wildman–Crippen MR) is 141 cm³/mol. The van der Waals surface area contributed by atoms with Crippen molar-refractivity contribution in [3.63, 3.8) is 0 Å². The minimum atomic E-state index is 0.230. The summed E-state index contributed by atoms with van der Waals surface area (Å²) in [6.45, 7) is 18.2. The Morgan fingerprint density at radius 2 is 0.853 bits per heavy atom. The van der Waals surface area contributed by atoms with Gasteiger partial charge in [0.25, 0.3) is 0 Å². The molecule has 4 atom stereocenters. The van der Waals surface area contributed by atoms with Gasteiger partial charge in [-0.2, -0.15) is 0 Å². The Kier molecular flexibility index (Phi) is 18.8. The van der Waals surface area contributed by atoms with Gasteiger partial charge in [0.2, 0.25) is 0 Å². The van der Waals surface area contributed by atoms with E-state index in [1.807, 2.05) is 24.3 Å². The van der Waals surface area contributed by atoms with E-state index in [1.165, 1.54) is 0 Å². The van der Waals surface area contributed by atoms with Crippen molar-refractivity contribution in [2.75, 3.05) is 0 Å². The molecule has 0 aromatic heterocycles. The summed E-state index contributed by atoms with van der Waals surface area (Å²) in [6, 6.07) is 0. The van der Waals surface area contributed by atoms with Crippen molar-refractivity contribution in [1.29, 1.82) is 0 Å². The summed E-state index contributed by atoms with van der Waals surface area (Å²) in [5.41, 5.74) is 44.3. The third-order valence-corrected chi connectivity index (χ3v) is 4.63. The van der Waals surface area contributed by atoms with E-state index in [9.17, 15) is 0 Å². The number of rotatable bonds is 11. The van der Waals surface area contributed by atoms with Crippen LogP contribution >= 0.6 is 0 Å². The van der Waals surface area contributed by atoms with Gasteiger partial charge in [0.1, 0.15) is 0 Å². The summed E-state index contributed by atoms with van der Waals surface area (Å²) in [5.74, 6) is 1.05. The van der Waals surface area contributed by atoms with Gasteiger partial charge < -0.3 is 0 Å². The molecule has 0 heteroatoms. The molecule has 0 N–H and O–H groups in total. The first-order chi connectivity index (χ1) is 16.6. The lowest BCUT2D eigenvalue weighted by Gasteiger charge is -2.22. The highest BCUT2D eigenvalue weighted by Crippen LogP contribution is 2.28. The van der Waals surface area contributed by atoms with E-state index in [0.29, 0.717) is 5.92 Å². The normalized spacial score (nSPS) is 11.0. The van der Waals surface area contributed by atoms with E-state index in [1.54, 1.807) is 0 Å². The molecular formula is C34H30. The standard InChI is InChI=1S/C34H30/c1-7-12-16-20-24-31(6)28-33(26-22-18-14-9-3)30-34(27-23-19-15-10-4)29-32(11-5)25-21-17-13-8-2/h24-27,31-34H,1-4,11,28-30H2,5-6H3. The molecule has 0 nitrogen and oxygen atoms in total.